The smallest absolute Gasteiger partial charge is 0.162 e. The summed E-state index contributed by atoms with van der Waals surface area (Å²) in [6, 6.07) is 19.8. The fourth-order valence-corrected chi connectivity index (χ4v) is 2.26. The Morgan fingerprint density at radius 3 is 2.45 bits per heavy atom. The van der Waals surface area contributed by atoms with Crippen molar-refractivity contribution in [3.63, 3.8) is 0 Å². The summed E-state index contributed by atoms with van der Waals surface area (Å²) < 4.78 is 0. The standard InChI is InChI=1S/C18H15NO/c1-2-18(20)15-9-7-14(8-10-15)17-12-11-13-5-3-4-6-16(13)19-17/h3-12H,2H2,1H3. The first-order valence-electron chi connectivity index (χ1n) is 6.77. The molecule has 1 aromatic heterocycles. The molecule has 0 unspecified atom stereocenters. The number of nitrogens with zero attached hydrogens (tertiary/aromatic N) is 1. The van der Waals surface area contributed by atoms with Crippen LogP contribution in [-0.4, -0.2) is 10.8 Å². The molecule has 2 aromatic carbocycles. The van der Waals surface area contributed by atoms with E-state index < -0.39 is 0 Å². The number of rotatable bonds is 3. The minimum absolute atomic E-state index is 0.169. The first-order chi connectivity index (χ1) is 9.78. The second-order valence-corrected chi connectivity index (χ2v) is 4.74. The highest BCUT2D eigenvalue weighted by atomic mass is 16.1. The summed E-state index contributed by atoms with van der Waals surface area (Å²) in [6.45, 7) is 1.88. The van der Waals surface area contributed by atoms with E-state index in [0.29, 0.717) is 6.42 Å². The summed E-state index contributed by atoms with van der Waals surface area (Å²) in [5.41, 5.74) is 3.71. The zero-order valence-electron chi connectivity index (χ0n) is 11.3. The number of carbonyl (C=O) groups is 1. The Morgan fingerprint density at radius 1 is 0.950 bits per heavy atom. The number of fused-ring (bicyclic) bond motifs is 1. The largest absolute Gasteiger partial charge is 0.294 e. The van der Waals surface area contributed by atoms with Crippen molar-refractivity contribution in [3.05, 3.63) is 66.2 Å². The maximum Gasteiger partial charge on any atom is 0.162 e. The van der Waals surface area contributed by atoms with Crippen molar-refractivity contribution in [1.29, 1.82) is 0 Å². The predicted molar refractivity (Wildman–Crippen MR) is 81.8 cm³/mol. The first-order valence-corrected chi connectivity index (χ1v) is 6.77. The second kappa shape index (κ2) is 5.25. The van der Waals surface area contributed by atoms with E-state index in [1.54, 1.807) is 0 Å². The Bertz CT molecular complexity index is 760. The highest BCUT2D eigenvalue weighted by Crippen LogP contribution is 2.21. The number of pyridine rings is 1. The Labute approximate surface area is 118 Å². The summed E-state index contributed by atoms with van der Waals surface area (Å²) in [5, 5.41) is 1.13. The van der Waals surface area contributed by atoms with Crippen molar-refractivity contribution in [2.75, 3.05) is 0 Å². The van der Waals surface area contributed by atoms with Crippen molar-refractivity contribution >= 4 is 16.7 Å². The van der Waals surface area contributed by atoms with Gasteiger partial charge in [-0.05, 0) is 12.1 Å². The minimum Gasteiger partial charge on any atom is -0.294 e. The van der Waals surface area contributed by atoms with Crippen LogP contribution in [0.15, 0.2) is 60.7 Å². The highest BCUT2D eigenvalue weighted by Gasteiger charge is 2.05. The Hall–Kier alpha value is -2.48. The number of para-hydroxylation sites is 1. The molecular formula is C18H15NO. The molecule has 0 spiro atoms. The molecule has 0 aliphatic heterocycles. The lowest BCUT2D eigenvalue weighted by molar-refractivity contribution is 0.0988. The number of ketones is 1. The molecule has 0 amide bonds. The van der Waals surface area contributed by atoms with Crippen LogP contribution in [0, 0.1) is 0 Å². The summed E-state index contributed by atoms with van der Waals surface area (Å²) in [4.78, 5) is 16.3. The molecule has 0 aliphatic rings. The summed E-state index contributed by atoms with van der Waals surface area (Å²) in [6.07, 6.45) is 0.535. The van der Waals surface area contributed by atoms with Gasteiger partial charge in [-0.1, -0.05) is 55.5 Å². The topological polar surface area (TPSA) is 30.0 Å². The quantitative estimate of drug-likeness (QED) is 0.650. The van der Waals surface area contributed by atoms with E-state index >= 15 is 0 Å². The molecule has 0 N–H and O–H groups in total. The highest BCUT2D eigenvalue weighted by molar-refractivity contribution is 5.96. The van der Waals surface area contributed by atoms with Gasteiger partial charge in [0.15, 0.2) is 5.78 Å². The summed E-state index contributed by atoms with van der Waals surface area (Å²) in [5.74, 6) is 0.169. The number of carbonyl (C=O) groups excluding carboxylic acids is 1. The average molecular weight is 261 g/mol. The number of aromatic nitrogens is 1. The third kappa shape index (κ3) is 2.32. The maximum absolute atomic E-state index is 11.6. The third-order valence-electron chi connectivity index (χ3n) is 3.42. The van der Waals surface area contributed by atoms with Gasteiger partial charge in [-0.15, -0.1) is 0 Å². The van der Waals surface area contributed by atoms with Crippen LogP contribution in [0.4, 0.5) is 0 Å². The van der Waals surface area contributed by atoms with Crippen LogP contribution in [0.3, 0.4) is 0 Å². The maximum atomic E-state index is 11.6. The third-order valence-corrected chi connectivity index (χ3v) is 3.42. The number of hydrogen-bond donors (Lipinski definition) is 0. The second-order valence-electron chi connectivity index (χ2n) is 4.74. The molecular weight excluding hydrogens is 246 g/mol. The van der Waals surface area contributed by atoms with E-state index in [4.69, 9.17) is 0 Å². The molecule has 0 fully saturated rings. The van der Waals surface area contributed by atoms with Crippen molar-refractivity contribution in [1.82, 2.24) is 4.98 Å². The predicted octanol–water partition coefficient (Wildman–Crippen LogP) is 4.49. The molecule has 0 radical (unpaired) electrons. The molecule has 0 saturated heterocycles. The monoisotopic (exact) mass is 261 g/mol. The zero-order chi connectivity index (χ0) is 13.9. The molecule has 2 nitrogen and oxygen atoms in total. The van der Waals surface area contributed by atoms with E-state index in [-0.39, 0.29) is 5.78 Å². The first kappa shape index (κ1) is 12.5. The number of benzene rings is 2. The van der Waals surface area contributed by atoms with Gasteiger partial charge in [0, 0.05) is 22.9 Å². The normalized spacial score (nSPS) is 10.7. The van der Waals surface area contributed by atoms with Gasteiger partial charge < -0.3 is 0 Å². The van der Waals surface area contributed by atoms with Crippen molar-refractivity contribution < 1.29 is 4.79 Å². The average Bonchev–Trinajstić information content (AvgIpc) is 2.54. The SMILES string of the molecule is CCC(=O)c1ccc(-c2ccc3ccccc3n2)cc1. The molecule has 2 heteroatoms. The molecule has 0 atom stereocenters. The summed E-state index contributed by atoms with van der Waals surface area (Å²) in [7, 11) is 0. The van der Waals surface area contributed by atoms with E-state index in [9.17, 15) is 4.79 Å². The number of hydrogen-bond acceptors (Lipinski definition) is 2. The fourth-order valence-electron chi connectivity index (χ4n) is 2.26. The van der Waals surface area contributed by atoms with Crippen LogP contribution in [-0.2, 0) is 0 Å². The van der Waals surface area contributed by atoms with E-state index in [1.165, 1.54) is 0 Å². The van der Waals surface area contributed by atoms with Crippen LogP contribution in [0.25, 0.3) is 22.2 Å². The van der Waals surface area contributed by atoms with Crippen LogP contribution in [0.5, 0.6) is 0 Å². The molecule has 0 saturated carbocycles. The van der Waals surface area contributed by atoms with Crippen LogP contribution in [0.2, 0.25) is 0 Å². The molecule has 20 heavy (non-hydrogen) atoms. The van der Waals surface area contributed by atoms with Gasteiger partial charge in [-0.2, -0.15) is 0 Å². The molecule has 0 aliphatic carbocycles. The van der Waals surface area contributed by atoms with Gasteiger partial charge in [0.25, 0.3) is 0 Å². The molecule has 1 heterocycles. The van der Waals surface area contributed by atoms with Gasteiger partial charge in [0.2, 0.25) is 0 Å². The van der Waals surface area contributed by atoms with E-state index in [0.717, 1.165) is 27.7 Å². The van der Waals surface area contributed by atoms with Crippen LogP contribution >= 0.6 is 0 Å². The van der Waals surface area contributed by atoms with Crippen molar-refractivity contribution in [2.24, 2.45) is 0 Å². The summed E-state index contributed by atoms with van der Waals surface area (Å²) >= 11 is 0. The lowest BCUT2D eigenvalue weighted by Gasteiger charge is -2.04. The Balaban J connectivity index is 2.00. The van der Waals surface area contributed by atoms with Gasteiger partial charge in [0.1, 0.15) is 0 Å². The van der Waals surface area contributed by atoms with Gasteiger partial charge in [0.05, 0.1) is 11.2 Å². The van der Waals surface area contributed by atoms with Crippen LogP contribution < -0.4 is 0 Å². The molecule has 3 aromatic rings. The lowest BCUT2D eigenvalue weighted by atomic mass is 10.0. The van der Waals surface area contributed by atoms with Crippen LogP contribution in [0.1, 0.15) is 23.7 Å². The van der Waals surface area contributed by atoms with Crippen molar-refractivity contribution in [2.45, 2.75) is 13.3 Å². The van der Waals surface area contributed by atoms with E-state index in [1.807, 2.05) is 55.5 Å². The molecule has 3 rings (SSSR count). The number of Topliss-reactive ketones (excluding diaryl/α,β-unsaturated/α-hetero) is 1. The molecule has 98 valence electrons. The fraction of sp³-hybridized carbons (Fsp3) is 0.111. The minimum atomic E-state index is 0.169. The Kier molecular flexibility index (Phi) is 3.30. The van der Waals surface area contributed by atoms with Gasteiger partial charge >= 0.3 is 0 Å². The van der Waals surface area contributed by atoms with Gasteiger partial charge in [-0.25, -0.2) is 4.98 Å². The molecule has 0 bridgehead atoms. The lowest BCUT2D eigenvalue weighted by Crippen LogP contribution is -1.95. The Morgan fingerprint density at radius 2 is 1.70 bits per heavy atom. The van der Waals surface area contributed by atoms with Gasteiger partial charge in [-0.3, -0.25) is 4.79 Å². The zero-order valence-corrected chi connectivity index (χ0v) is 11.3. The van der Waals surface area contributed by atoms with E-state index in [2.05, 4.69) is 17.1 Å². The van der Waals surface area contributed by atoms with Crippen molar-refractivity contribution in [3.8, 4) is 11.3 Å².